The largest absolute Gasteiger partial charge is 0.492 e. The summed E-state index contributed by atoms with van der Waals surface area (Å²) in [5.41, 5.74) is 0.610. The molecule has 5 fully saturated rings. The quantitative estimate of drug-likeness (QED) is 0.312. The van der Waals surface area contributed by atoms with Crippen LogP contribution in [-0.4, -0.2) is 70.5 Å². The van der Waals surface area contributed by atoms with Gasteiger partial charge in [-0.2, -0.15) is 0 Å². The average Bonchev–Trinajstić information content (AvgIpc) is 3.71. The van der Waals surface area contributed by atoms with Crippen LogP contribution in [0, 0.1) is 29.1 Å². The minimum atomic E-state index is -0.573. The Labute approximate surface area is 251 Å². The minimum absolute atomic E-state index is 0.0203. The summed E-state index contributed by atoms with van der Waals surface area (Å²) in [5, 5.41) is 21.9. The van der Waals surface area contributed by atoms with Gasteiger partial charge in [0.15, 0.2) is 11.5 Å². The Morgan fingerprint density at radius 3 is 2.63 bits per heavy atom. The van der Waals surface area contributed by atoms with Crippen molar-refractivity contribution in [2.45, 2.75) is 102 Å². The predicted octanol–water partition coefficient (Wildman–Crippen LogP) is 5.54. The van der Waals surface area contributed by atoms with Crippen molar-refractivity contribution in [2.24, 2.45) is 29.1 Å². The van der Waals surface area contributed by atoms with E-state index in [1.165, 1.54) is 51.4 Å². The first-order valence-electron chi connectivity index (χ1n) is 15.9. The lowest BCUT2D eigenvalue weighted by molar-refractivity contribution is -0.133. The molecule has 5 heterocycles. The summed E-state index contributed by atoms with van der Waals surface area (Å²) < 4.78 is 17.7. The molecule has 5 aliphatic heterocycles. The molecule has 7 rings (SSSR count). The molecule has 1 spiro atoms. The predicted molar refractivity (Wildman–Crippen MR) is 160 cm³/mol. The zero-order valence-corrected chi connectivity index (χ0v) is 26.0. The van der Waals surface area contributed by atoms with Crippen LogP contribution in [0.2, 0.25) is 0 Å². The monoisotopic (exact) mass is 603 g/mol. The van der Waals surface area contributed by atoms with E-state index in [4.69, 9.17) is 14.2 Å². The van der Waals surface area contributed by atoms with Gasteiger partial charge in [-0.05, 0) is 74.7 Å². The molecular weight excluding hydrogens is 558 g/mol. The van der Waals surface area contributed by atoms with E-state index in [0.29, 0.717) is 28.9 Å². The van der Waals surface area contributed by atoms with Crippen molar-refractivity contribution in [2.75, 3.05) is 25.2 Å². The van der Waals surface area contributed by atoms with Crippen LogP contribution in [0.15, 0.2) is 34.7 Å². The van der Waals surface area contributed by atoms with Crippen molar-refractivity contribution in [1.29, 1.82) is 0 Å². The second kappa shape index (κ2) is 11.4. The molecule has 9 heteroatoms. The van der Waals surface area contributed by atoms with E-state index >= 15 is 0 Å². The molecule has 226 valence electrons. The van der Waals surface area contributed by atoms with Crippen molar-refractivity contribution in [1.82, 2.24) is 4.90 Å². The molecule has 7 nitrogen and oxygen atoms in total. The number of esters is 1. The van der Waals surface area contributed by atoms with Gasteiger partial charge >= 0.3 is 5.97 Å². The third-order valence-electron chi connectivity index (χ3n) is 11.7. The molecule has 41 heavy (non-hydrogen) atoms. The molecule has 2 saturated carbocycles. The summed E-state index contributed by atoms with van der Waals surface area (Å²) in [6, 6.07) is 0.782. The maximum absolute atomic E-state index is 12.5. The number of rotatable bonds is 2. The van der Waals surface area contributed by atoms with Crippen LogP contribution < -0.4 is 0 Å². The molecule has 3 saturated heterocycles. The number of hydrogen-bond donors (Lipinski definition) is 2. The lowest BCUT2D eigenvalue weighted by Gasteiger charge is -2.50. The third-order valence-corrected chi connectivity index (χ3v) is 14.3. The molecular formula is C32H45NO6S2. The first-order chi connectivity index (χ1) is 20.0. The van der Waals surface area contributed by atoms with Crippen LogP contribution in [0.3, 0.4) is 0 Å². The average molecular weight is 604 g/mol. The smallest absolute Gasteiger partial charge is 0.345 e. The van der Waals surface area contributed by atoms with Crippen LogP contribution >= 0.6 is 21.6 Å². The number of hydrogen-bond acceptors (Lipinski definition) is 9. The maximum Gasteiger partial charge on any atom is 0.345 e. The Morgan fingerprint density at radius 2 is 1.85 bits per heavy atom. The Morgan fingerprint density at radius 1 is 1.07 bits per heavy atom. The molecule has 7 aliphatic rings. The van der Waals surface area contributed by atoms with Crippen molar-refractivity contribution in [3.63, 3.8) is 0 Å². The molecule has 0 aromatic heterocycles. The fraction of sp³-hybridized carbons (Fsp3) is 0.781. The number of allylic oxidation sites excluding steroid dienone is 1. The van der Waals surface area contributed by atoms with E-state index < -0.39 is 12.6 Å². The highest BCUT2D eigenvalue weighted by molar-refractivity contribution is 8.76. The molecule has 0 radical (unpaired) electrons. The highest BCUT2D eigenvalue weighted by atomic mass is 33.1. The van der Waals surface area contributed by atoms with Crippen LogP contribution in [0.25, 0.3) is 0 Å². The summed E-state index contributed by atoms with van der Waals surface area (Å²) in [6.45, 7) is 1.73. The summed E-state index contributed by atoms with van der Waals surface area (Å²) >= 11 is 0. The summed E-state index contributed by atoms with van der Waals surface area (Å²) in [7, 11) is 5.62. The standard InChI is InChI=1S/C32H45NO6S2/c1-18-27-24-7-5-6-23-25(35)14-22-19(10-13-32(22)11-3-4-12-32)16-40-41-17-20(33(23)24)8-9-26(27)38-28(18)30-29(37-2)21(15-34)31(36)39-30/h9,18-20,22-25,27,34-35H,3-8,10-17H2,1-2H3. The molecule has 8 atom stereocenters. The number of aliphatic hydroxyl groups excluding tert-OH is 2. The number of aliphatic hydroxyl groups is 2. The molecule has 8 unspecified atom stereocenters. The van der Waals surface area contributed by atoms with Gasteiger partial charge in [-0.3, -0.25) is 4.90 Å². The topological polar surface area (TPSA) is 88.5 Å². The highest BCUT2D eigenvalue weighted by Gasteiger charge is 2.54. The first kappa shape index (κ1) is 28.6. The Bertz CT molecular complexity index is 1150. The second-order valence-electron chi connectivity index (χ2n) is 13.5. The third kappa shape index (κ3) is 4.71. The van der Waals surface area contributed by atoms with Gasteiger partial charge in [0, 0.05) is 41.5 Å². The van der Waals surface area contributed by atoms with Gasteiger partial charge in [0.05, 0.1) is 19.8 Å². The van der Waals surface area contributed by atoms with E-state index in [1.807, 2.05) is 10.8 Å². The number of piperidine rings is 1. The van der Waals surface area contributed by atoms with Gasteiger partial charge in [0.1, 0.15) is 11.3 Å². The van der Waals surface area contributed by atoms with Crippen LogP contribution in [0.4, 0.5) is 0 Å². The van der Waals surface area contributed by atoms with Gasteiger partial charge in [-0.1, -0.05) is 47.8 Å². The SMILES string of the molecule is COC1=C(CO)C(=O)OC1=C1OC2=CCC3CSSCC4CCC5(CCCC5)C4CC(O)C4CCCC(C2C1C)N34. The Kier molecular flexibility index (Phi) is 7.97. The number of carbonyl (C=O) groups is 1. The Hall–Kier alpha value is -1.13. The van der Waals surface area contributed by atoms with E-state index in [0.717, 1.165) is 49.5 Å². The number of nitrogens with zero attached hydrogens (tertiary/aromatic N) is 1. The first-order valence-corrected chi connectivity index (χ1v) is 18.4. The zero-order valence-electron chi connectivity index (χ0n) is 24.4. The van der Waals surface area contributed by atoms with Gasteiger partial charge in [0.2, 0.25) is 5.76 Å². The lowest BCUT2D eigenvalue weighted by Crippen LogP contribution is -2.59. The highest BCUT2D eigenvalue weighted by Crippen LogP contribution is 2.60. The minimum Gasteiger partial charge on any atom is -0.492 e. The van der Waals surface area contributed by atoms with Gasteiger partial charge in [-0.25, -0.2) is 4.79 Å². The van der Waals surface area contributed by atoms with E-state index in [9.17, 15) is 15.0 Å². The maximum atomic E-state index is 12.5. The molecule has 2 aliphatic carbocycles. The molecule has 2 N–H and O–H groups in total. The number of carbonyl (C=O) groups excluding carboxylic acids is 1. The van der Waals surface area contributed by atoms with Gasteiger partial charge in [0.25, 0.3) is 0 Å². The van der Waals surface area contributed by atoms with Crippen molar-refractivity contribution >= 4 is 27.6 Å². The lowest BCUT2D eigenvalue weighted by atomic mass is 9.70. The molecule has 0 amide bonds. The Balaban J connectivity index is 1.22. The van der Waals surface area contributed by atoms with E-state index in [2.05, 4.69) is 28.7 Å². The second-order valence-corrected chi connectivity index (χ2v) is 16.1. The van der Waals surface area contributed by atoms with Crippen LogP contribution in [-0.2, 0) is 19.0 Å². The van der Waals surface area contributed by atoms with Crippen LogP contribution in [0.5, 0.6) is 0 Å². The normalized spacial score (nSPS) is 42.5. The van der Waals surface area contributed by atoms with E-state index in [1.54, 1.807) is 0 Å². The fourth-order valence-electron chi connectivity index (χ4n) is 9.88. The molecule has 0 aromatic rings. The number of fused-ring (bicyclic) bond motifs is 4. The van der Waals surface area contributed by atoms with Crippen molar-refractivity contribution in [3.8, 4) is 0 Å². The number of methoxy groups -OCH3 is 1. The summed E-state index contributed by atoms with van der Waals surface area (Å²) in [4.78, 5) is 15.2. The summed E-state index contributed by atoms with van der Waals surface area (Å²) in [5.74, 6) is 5.36. The van der Waals surface area contributed by atoms with Crippen LogP contribution in [0.1, 0.15) is 77.6 Å². The molecule has 0 bridgehead atoms. The van der Waals surface area contributed by atoms with E-state index in [-0.39, 0.29) is 41.4 Å². The van der Waals surface area contributed by atoms with Gasteiger partial charge in [-0.15, -0.1) is 0 Å². The van der Waals surface area contributed by atoms with Crippen molar-refractivity contribution < 1.29 is 29.2 Å². The molecule has 0 aromatic carbocycles. The number of cyclic esters (lactones) is 1. The summed E-state index contributed by atoms with van der Waals surface area (Å²) in [6.07, 6.45) is 15.2. The number of ether oxygens (including phenoxy) is 3. The fourth-order valence-corrected chi connectivity index (χ4v) is 12.7. The van der Waals surface area contributed by atoms with Gasteiger partial charge < -0.3 is 24.4 Å². The zero-order chi connectivity index (χ0) is 28.3. The van der Waals surface area contributed by atoms with Crippen molar-refractivity contribution in [3.05, 3.63) is 34.7 Å².